The van der Waals surface area contributed by atoms with Gasteiger partial charge in [-0.1, -0.05) is 11.6 Å². The van der Waals surface area contributed by atoms with Gasteiger partial charge in [-0.2, -0.15) is 4.98 Å². The van der Waals surface area contributed by atoms with Crippen molar-refractivity contribution < 1.29 is 0 Å². The maximum absolute atomic E-state index is 6.03. The number of hydrogen-bond acceptors (Lipinski definition) is 4. The van der Waals surface area contributed by atoms with E-state index < -0.39 is 0 Å². The topological polar surface area (TPSA) is 41.1 Å². The summed E-state index contributed by atoms with van der Waals surface area (Å²) in [5, 5.41) is 4.14. The van der Waals surface area contributed by atoms with Crippen LogP contribution in [-0.4, -0.2) is 35.6 Å². The second-order valence-electron chi connectivity index (χ2n) is 3.61. The Balaban J connectivity index is 2.24. The van der Waals surface area contributed by atoms with Gasteiger partial charge in [-0.05, 0) is 18.5 Å². The molecular weight excluding hydrogens is 235 g/mol. The van der Waals surface area contributed by atoms with Crippen LogP contribution >= 0.6 is 23.2 Å². The zero-order valence-corrected chi connectivity index (χ0v) is 9.89. The van der Waals surface area contributed by atoms with Gasteiger partial charge in [-0.3, -0.25) is 0 Å². The molecular formula is C9H12Cl2N4. The van der Waals surface area contributed by atoms with Gasteiger partial charge in [0.05, 0.1) is 6.20 Å². The quantitative estimate of drug-likeness (QED) is 0.765. The number of piperazine rings is 1. The summed E-state index contributed by atoms with van der Waals surface area (Å²) in [7, 11) is 0. The summed E-state index contributed by atoms with van der Waals surface area (Å²) in [6, 6.07) is 0.434. The predicted octanol–water partition coefficient (Wildman–Crippen LogP) is 1.58. The molecule has 0 spiro atoms. The van der Waals surface area contributed by atoms with Crippen molar-refractivity contribution >= 4 is 29.0 Å². The lowest BCUT2D eigenvalue weighted by atomic mass is 10.2. The average molecular weight is 247 g/mol. The number of aromatic nitrogens is 2. The molecule has 1 aliphatic heterocycles. The molecule has 1 saturated heterocycles. The molecule has 0 bridgehead atoms. The molecule has 0 aromatic carbocycles. The Hall–Kier alpha value is -0.580. The van der Waals surface area contributed by atoms with Crippen molar-refractivity contribution in [2.45, 2.75) is 13.0 Å². The van der Waals surface area contributed by atoms with Crippen LogP contribution in [0.4, 0.5) is 5.82 Å². The maximum Gasteiger partial charge on any atom is 0.224 e. The summed E-state index contributed by atoms with van der Waals surface area (Å²) in [6.07, 6.45) is 1.54. The Bertz CT molecular complexity index is 358. The van der Waals surface area contributed by atoms with Gasteiger partial charge in [0.1, 0.15) is 5.02 Å². The average Bonchev–Trinajstić information content (AvgIpc) is 2.22. The standard InChI is InChI=1S/C9H12Cl2N4/c1-6-5-15(3-2-12-6)8-7(10)4-13-9(11)14-8/h4,6,12H,2-3,5H2,1H3. The van der Waals surface area contributed by atoms with Crippen molar-refractivity contribution in [1.29, 1.82) is 0 Å². The molecule has 0 aliphatic carbocycles. The molecule has 1 aromatic rings. The van der Waals surface area contributed by atoms with Gasteiger partial charge in [0.25, 0.3) is 0 Å². The molecule has 0 amide bonds. The molecule has 1 unspecified atom stereocenters. The zero-order valence-electron chi connectivity index (χ0n) is 8.37. The van der Waals surface area contributed by atoms with Crippen LogP contribution in [-0.2, 0) is 0 Å². The van der Waals surface area contributed by atoms with Gasteiger partial charge in [0.2, 0.25) is 5.28 Å². The minimum Gasteiger partial charge on any atom is -0.352 e. The van der Waals surface area contributed by atoms with E-state index in [0.29, 0.717) is 11.1 Å². The van der Waals surface area contributed by atoms with Gasteiger partial charge < -0.3 is 10.2 Å². The lowest BCUT2D eigenvalue weighted by Gasteiger charge is -2.33. The number of halogens is 2. The fourth-order valence-electron chi connectivity index (χ4n) is 1.68. The Morgan fingerprint density at radius 1 is 1.53 bits per heavy atom. The highest BCUT2D eigenvalue weighted by Gasteiger charge is 2.19. The van der Waals surface area contributed by atoms with E-state index in [9.17, 15) is 0 Å². The van der Waals surface area contributed by atoms with Gasteiger partial charge in [0.15, 0.2) is 5.82 Å². The van der Waals surface area contributed by atoms with Crippen molar-refractivity contribution in [3.63, 3.8) is 0 Å². The van der Waals surface area contributed by atoms with Crippen LogP contribution < -0.4 is 10.2 Å². The van der Waals surface area contributed by atoms with Crippen LogP contribution in [0.3, 0.4) is 0 Å². The minimum absolute atomic E-state index is 0.237. The van der Waals surface area contributed by atoms with Crippen molar-refractivity contribution in [3.05, 3.63) is 16.5 Å². The summed E-state index contributed by atoms with van der Waals surface area (Å²) >= 11 is 11.8. The van der Waals surface area contributed by atoms with E-state index in [1.807, 2.05) is 0 Å². The first-order valence-corrected chi connectivity index (χ1v) is 5.59. The molecule has 1 aromatic heterocycles. The molecule has 1 atom stereocenters. The van der Waals surface area contributed by atoms with E-state index in [0.717, 1.165) is 25.5 Å². The smallest absolute Gasteiger partial charge is 0.224 e. The molecule has 6 heteroatoms. The molecule has 1 aliphatic rings. The lowest BCUT2D eigenvalue weighted by Crippen LogP contribution is -2.49. The third-order valence-electron chi connectivity index (χ3n) is 2.36. The SMILES string of the molecule is CC1CN(c2nc(Cl)ncc2Cl)CCN1. The first-order chi connectivity index (χ1) is 7.16. The third-order valence-corrected chi connectivity index (χ3v) is 2.81. The monoisotopic (exact) mass is 246 g/mol. The van der Waals surface area contributed by atoms with Crippen LogP contribution in [0.1, 0.15) is 6.92 Å². The van der Waals surface area contributed by atoms with Gasteiger partial charge in [0, 0.05) is 25.7 Å². The maximum atomic E-state index is 6.03. The molecule has 15 heavy (non-hydrogen) atoms. The Kier molecular flexibility index (Phi) is 3.29. The summed E-state index contributed by atoms with van der Waals surface area (Å²) in [4.78, 5) is 10.1. The van der Waals surface area contributed by atoms with Crippen LogP contribution in [0.15, 0.2) is 6.20 Å². The van der Waals surface area contributed by atoms with Crippen molar-refractivity contribution in [2.75, 3.05) is 24.5 Å². The highest BCUT2D eigenvalue weighted by Crippen LogP contribution is 2.24. The third kappa shape index (κ3) is 2.51. The van der Waals surface area contributed by atoms with Gasteiger partial charge >= 0.3 is 0 Å². The van der Waals surface area contributed by atoms with Crippen molar-refractivity contribution in [2.24, 2.45) is 0 Å². The second kappa shape index (κ2) is 4.51. The molecule has 2 rings (SSSR count). The highest BCUT2D eigenvalue weighted by molar-refractivity contribution is 6.33. The molecule has 4 nitrogen and oxygen atoms in total. The van der Waals surface area contributed by atoms with Crippen LogP contribution in [0.2, 0.25) is 10.3 Å². The molecule has 82 valence electrons. The largest absolute Gasteiger partial charge is 0.352 e. The molecule has 1 fully saturated rings. The highest BCUT2D eigenvalue weighted by atomic mass is 35.5. The summed E-state index contributed by atoms with van der Waals surface area (Å²) in [6.45, 7) is 4.83. The Morgan fingerprint density at radius 2 is 2.33 bits per heavy atom. The van der Waals surface area contributed by atoms with E-state index >= 15 is 0 Å². The van der Waals surface area contributed by atoms with Crippen LogP contribution in [0.25, 0.3) is 0 Å². The van der Waals surface area contributed by atoms with Crippen molar-refractivity contribution in [3.8, 4) is 0 Å². The predicted molar refractivity (Wildman–Crippen MR) is 61.7 cm³/mol. The van der Waals surface area contributed by atoms with E-state index in [1.165, 1.54) is 0 Å². The summed E-state index contributed by atoms with van der Waals surface area (Å²) in [5.41, 5.74) is 0. The second-order valence-corrected chi connectivity index (χ2v) is 4.36. The fourth-order valence-corrected chi connectivity index (χ4v) is 2.02. The lowest BCUT2D eigenvalue weighted by molar-refractivity contribution is 0.482. The number of anilines is 1. The minimum atomic E-state index is 0.237. The number of nitrogens with zero attached hydrogens (tertiary/aromatic N) is 3. The first kappa shape index (κ1) is 10.9. The molecule has 1 N–H and O–H groups in total. The molecule has 2 heterocycles. The van der Waals surface area contributed by atoms with E-state index in [-0.39, 0.29) is 5.28 Å². The Labute approximate surface area is 98.6 Å². The molecule has 0 saturated carbocycles. The zero-order chi connectivity index (χ0) is 10.8. The summed E-state index contributed by atoms with van der Waals surface area (Å²) < 4.78 is 0. The number of rotatable bonds is 1. The van der Waals surface area contributed by atoms with Gasteiger partial charge in [-0.25, -0.2) is 4.98 Å². The Morgan fingerprint density at radius 3 is 3.07 bits per heavy atom. The fraction of sp³-hybridized carbons (Fsp3) is 0.556. The van der Waals surface area contributed by atoms with E-state index in [4.69, 9.17) is 23.2 Å². The summed E-state index contributed by atoms with van der Waals surface area (Å²) in [5.74, 6) is 0.727. The number of hydrogen-bond donors (Lipinski definition) is 1. The van der Waals surface area contributed by atoms with Crippen LogP contribution in [0.5, 0.6) is 0 Å². The van der Waals surface area contributed by atoms with Crippen molar-refractivity contribution in [1.82, 2.24) is 15.3 Å². The molecule has 0 radical (unpaired) electrons. The van der Waals surface area contributed by atoms with E-state index in [2.05, 4.69) is 27.1 Å². The van der Waals surface area contributed by atoms with Gasteiger partial charge in [-0.15, -0.1) is 0 Å². The number of nitrogens with one attached hydrogen (secondary N) is 1. The van der Waals surface area contributed by atoms with E-state index in [1.54, 1.807) is 6.20 Å². The normalized spacial score (nSPS) is 21.8. The van der Waals surface area contributed by atoms with Crippen LogP contribution in [0, 0.1) is 0 Å². The first-order valence-electron chi connectivity index (χ1n) is 4.83.